The lowest BCUT2D eigenvalue weighted by Gasteiger charge is -2.34. The Morgan fingerprint density at radius 3 is 2.31 bits per heavy atom. The minimum atomic E-state index is -0.494. The van der Waals surface area contributed by atoms with E-state index in [1.807, 2.05) is 69.1 Å². The fourth-order valence-electron chi connectivity index (χ4n) is 4.94. The van der Waals surface area contributed by atoms with Gasteiger partial charge < -0.3 is 9.80 Å². The molecule has 188 valence electrons. The number of imide groups is 1. The molecule has 2 aromatic carbocycles. The number of amides is 4. The lowest BCUT2D eigenvalue weighted by Crippen LogP contribution is -2.51. The van der Waals surface area contributed by atoms with E-state index in [0.29, 0.717) is 32.3 Å². The van der Waals surface area contributed by atoms with Gasteiger partial charge in [0.05, 0.1) is 5.52 Å². The molecule has 0 spiro atoms. The van der Waals surface area contributed by atoms with E-state index in [4.69, 9.17) is 4.98 Å². The van der Waals surface area contributed by atoms with Crippen LogP contribution in [0.5, 0.6) is 0 Å². The minimum Gasteiger partial charge on any atom is -0.334 e. The fourth-order valence-corrected chi connectivity index (χ4v) is 4.94. The second-order valence-electron chi connectivity index (χ2n) is 11.0. The van der Waals surface area contributed by atoms with Crippen LogP contribution in [-0.2, 0) is 35.5 Å². The maximum atomic E-state index is 13.3. The maximum absolute atomic E-state index is 13.3. The number of carbonyl (C=O) groups is 3. The van der Waals surface area contributed by atoms with E-state index < -0.39 is 17.0 Å². The van der Waals surface area contributed by atoms with Gasteiger partial charge in [-0.15, -0.1) is 0 Å². The van der Waals surface area contributed by atoms with Gasteiger partial charge in [0.25, 0.3) is 0 Å². The number of urea groups is 1. The molecule has 1 atom stereocenters. The summed E-state index contributed by atoms with van der Waals surface area (Å²) >= 11 is 0. The number of likely N-dealkylation sites (N-methyl/N-ethyl adjacent to an activating group) is 1. The average molecular weight is 487 g/mol. The first kappa shape index (κ1) is 25.4. The normalized spacial score (nSPS) is 16.9. The third-order valence-corrected chi connectivity index (χ3v) is 7.02. The van der Waals surface area contributed by atoms with Crippen LogP contribution in [0.25, 0.3) is 10.9 Å². The summed E-state index contributed by atoms with van der Waals surface area (Å²) < 4.78 is 0. The Morgan fingerprint density at radius 1 is 1.03 bits per heavy atom. The van der Waals surface area contributed by atoms with Crippen LogP contribution in [0, 0.1) is 5.41 Å². The van der Waals surface area contributed by atoms with Crippen LogP contribution in [0.1, 0.15) is 49.9 Å². The number of hydrogen-bond acceptors (Lipinski definition) is 4. The van der Waals surface area contributed by atoms with Gasteiger partial charge in [0.1, 0.15) is 0 Å². The Morgan fingerprint density at radius 2 is 1.67 bits per heavy atom. The third kappa shape index (κ3) is 5.25. The molecule has 0 radical (unpaired) electrons. The Hall–Kier alpha value is -3.74. The van der Waals surface area contributed by atoms with Crippen molar-refractivity contribution in [2.24, 2.45) is 5.41 Å². The zero-order chi connectivity index (χ0) is 26.1. The molecule has 1 aliphatic rings. The Kier molecular flexibility index (Phi) is 6.85. The first-order chi connectivity index (χ1) is 17.0. The highest BCUT2D eigenvalue weighted by Crippen LogP contribution is 2.36. The quantitative estimate of drug-likeness (QED) is 0.522. The molecule has 0 saturated heterocycles. The van der Waals surface area contributed by atoms with E-state index >= 15 is 0 Å². The highest BCUT2D eigenvalue weighted by atomic mass is 16.2. The maximum Gasteiger partial charge on any atom is 0.324 e. The van der Waals surface area contributed by atoms with E-state index in [9.17, 15) is 14.4 Å². The summed E-state index contributed by atoms with van der Waals surface area (Å²) in [5, 5.41) is 3.24. The van der Waals surface area contributed by atoms with E-state index in [2.05, 4.69) is 23.5 Å². The van der Waals surface area contributed by atoms with Crippen LogP contribution in [0.15, 0.2) is 54.7 Å². The number of carbonyl (C=O) groups excluding carboxylic acids is 3. The minimum absolute atomic E-state index is 0.0906. The first-order valence-electron chi connectivity index (χ1n) is 12.2. The summed E-state index contributed by atoms with van der Waals surface area (Å²) in [7, 11) is 1.72. The van der Waals surface area contributed by atoms with Gasteiger partial charge >= 0.3 is 6.03 Å². The standard InChI is InChI=1S/C29H34N4O3/c1-28(2,3)26(35)33(17-20-9-7-6-8-10-20)18-21-11-22-12-23-14-29(4,32(5)27(36)31-19-34)15-24(23)13-25(22)30-16-21/h6-13,16,19H,14-15,17-18H2,1-5H3,(H,31,34,36). The summed E-state index contributed by atoms with van der Waals surface area (Å²) in [6.45, 7) is 8.86. The summed E-state index contributed by atoms with van der Waals surface area (Å²) in [5.41, 5.74) is 4.35. The zero-order valence-electron chi connectivity index (χ0n) is 21.7. The van der Waals surface area contributed by atoms with Gasteiger partial charge in [-0.05, 0) is 60.2 Å². The molecule has 1 heterocycles. The summed E-state index contributed by atoms with van der Waals surface area (Å²) in [4.78, 5) is 44.5. The molecule has 7 nitrogen and oxygen atoms in total. The Labute approximate surface area is 212 Å². The van der Waals surface area contributed by atoms with Crippen molar-refractivity contribution in [2.45, 2.75) is 59.2 Å². The highest BCUT2D eigenvalue weighted by molar-refractivity contribution is 5.86. The molecule has 0 aliphatic heterocycles. The molecule has 1 aromatic heterocycles. The predicted octanol–water partition coefficient (Wildman–Crippen LogP) is 4.46. The van der Waals surface area contributed by atoms with Crippen LogP contribution in [0.3, 0.4) is 0 Å². The van der Waals surface area contributed by atoms with Crippen molar-refractivity contribution in [3.05, 3.63) is 77.0 Å². The van der Waals surface area contributed by atoms with Crippen molar-refractivity contribution in [3.63, 3.8) is 0 Å². The number of nitrogens with zero attached hydrogens (tertiary/aromatic N) is 3. The van der Waals surface area contributed by atoms with Crippen LogP contribution in [0.2, 0.25) is 0 Å². The number of pyridine rings is 1. The highest BCUT2D eigenvalue weighted by Gasteiger charge is 2.39. The number of rotatable bonds is 6. The Bertz CT molecular complexity index is 1300. The van der Waals surface area contributed by atoms with Crippen LogP contribution >= 0.6 is 0 Å². The van der Waals surface area contributed by atoms with Gasteiger partial charge in [-0.1, -0.05) is 51.1 Å². The average Bonchev–Trinajstić information content (AvgIpc) is 3.17. The number of benzene rings is 2. The summed E-state index contributed by atoms with van der Waals surface area (Å²) in [6, 6.07) is 16.0. The van der Waals surface area contributed by atoms with Crippen molar-refractivity contribution < 1.29 is 14.4 Å². The lowest BCUT2D eigenvalue weighted by atomic mass is 9.94. The zero-order valence-corrected chi connectivity index (χ0v) is 21.7. The van der Waals surface area contributed by atoms with Crippen molar-refractivity contribution in [1.82, 2.24) is 20.1 Å². The molecule has 1 aliphatic carbocycles. The molecule has 1 unspecified atom stereocenters. The predicted molar refractivity (Wildman–Crippen MR) is 140 cm³/mol. The van der Waals surface area contributed by atoms with Crippen molar-refractivity contribution in [3.8, 4) is 0 Å². The Balaban J connectivity index is 1.60. The van der Waals surface area contributed by atoms with Crippen molar-refractivity contribution >= 4 is 29.3 Å². The number of nitrogens with one attached hydrogen (secondary N) is 1. The molecule has 36 heavy (non-hydrogen) atoms. The first-order valence-corrected chi connectivity index (χ1v) is 12.2. The molecular weight excluding hydrogens is 452 g/mol. The van der Waals surface area contributed by atoms with Crippen molar-refractivity contribution in [2.75, 3.05) is 7.05 Å². The van der Waals surface area contributed by atoms with Crippen LogP contribution in [-0.4, -0.2) is 45.7 Å². The van der Waals surface area contributed by atoms with E-state index in [1.54, 1.807) is 11.9 Å². The third-order valence-electron chi connectivity index (χ3n) is 7.02. The van der Waals surface area contributed by atoms with Gasteiger partial charge in [-0.25, -0.2) is 4.79 Å². The van der Waals surface area contributed by atoms with Crippen molar-refractivity contribution in [1.29, 1.82) is 0 Å². The summed E-state index contributed by atoms with van der Waals surface area (Å²) in [5.74, 6) is 0.0906. The molecule has 7 heteroatoms. The van der Waals surface area contributed by atoms with E-state index in [1.165, 1.54) is 5.56 Å². The molecule has 4 amide bonds. The molecular formula is C29H34N4O3. The second-order valence-corrected chi connectivity index (χ2v) is 11.0. The molecule has 0 saturated carbocycles. The monoisotopic (exact) mass is 486 g/mol. The van der Waals surface area contributed by atoms with Crippen LogP contribution < -0.4 is 5.32 Å². The SMILES string of the molecule is CN(C(=O)NC=O)C1(C)Cc2cc3cc(CN(Cc4ccccc4)C(=O)C(C)(C)C)cnc3cc2C1. The fraction of sp³-hybridized carbons (Fsp3) is 0.379. The van der Waals surface area contributed by atoms with Crippen LogP contribution in [0.4, 0.5) is 4.79 Å². The second kappa shape index (κ2) is 9.72. The largest absolute Gasteiger partial charge is 0.334 e. The molecule has 4 rings (SSSR count). The van der Waals surface area contributed by atoms with Gasteiger partial charge in [-0.2, -0.15) is 0 Å². The van der Waals surface area contributed by atoms with E-state index in [0.717, 1.165) is 27.6 Å². The number of fused-ring (bicyclic) bond motifs is 2. The number of aromatic nitrogens is 1. The lowest BCUT2D eigenvalue weighted by molar-refractivity contribution is -0.140. The van der Waals surface area contributed by atoms with Gasteiger partial charge in [0, 0.05) is 42.7 Å². The molecule has 1 N–H and O–H groups in total. The van der Waals surface area contributed by atoms with E-state index in [-0.39, 0.29) is 5.91 Å². The van der Waals surface area contributed by atoms with Gasteiger partial charge in [0.15, 0.2) is 0 Å². The molecule has 0 bridgehead atoms. The smallest absolute Gasteiger partial charge is 0.324 e. The topological polar surface area (TPSA) is 82.6 Å². The van der Waals surface area contributed by atoms with Gasteiger partial charge in [-0.3, -0.25) is 19.9 Å². The number of hydrogen-bond donors (Lipinski definition) is 1. The molecule has 0 fully saturated rings. The molecule has 3 aromatic rings. The van der Waals surface area contributed by atoms with Gasteiger partial charge in [0.2, 0.25) is 12.3 Å². The summed E-state index contributed by atoms with van der Waals surface area (Å²) in [6.07, 6.45) is 3.64.